The van der Waals surface area contributed by atoms with Crippen molar-refractivity contribution < 1.29 is 19.3 Å². The van der Waals surface area contributed by atoms with Gasteiger partial charge in [0.05, 0.1) is 26.0 Å². The first-order valence-electron chi connectivity index (χ1n) is 9.09. The Balaban J connectivity index is 1.87. The second kappa shape index (κ2) is 8.82. The van der Waals surface area contributed by atoms with Crippen LogP contribution in [0.25, 0.3) is 0 Å². The fourth-order valence-corrected chi connectivity index (χ4v) is 3.25. The van der Waals surface area contributed by atoms with Gasteiger partial charge in [-0.2, -0.15) is 5.10 Å². The summed E-state index contributed by atoms with van der Waals surface area (Å²) in [6.45, 7) is 0.631. The summed E-state index contributed by atoms with van der Waals surface area (Å²) in [6, 6.07) is 5.25. The van der Waals surface area contributed by atoms with Gasteiger partial charge in [0.1, 0.15) is 5.56 Å². The number of ether oxygens (including phenoxy) is 3. The van der Waals surface area contributed by atoms with Crippen molar-refractivity contribution in [2.75, 3.05) is 27.9 Å². The van der Waals surface area contributed by atoms with Gasteiger partial charge in [-0.15, -0.1) is 0 Å². The van der Waals surface area contributed by atoms with Crippen molar-refractivity contribution in [1.82, 2.24) is 15.0 Å². The SMILES string of the molecule is COCCCn1c(O)c(C2=NN[C@@H](c3ccc(OC)c(OC)c3)C2)c(=O)[nH]c1=O. The van der Waals surface area contributed by atoms with Gasteiger partial charge in [-0.25, -0.2) is 4.79 Å². The monoisotopic (exact) mass is 404 g/mol. The number of aromatic amines is 1. The first kappa shape index (κ1) is 20.5. The molecule has 2 aromatic rings. The van der Waals surface area contributed by atoms with Gasteiger partial charge in [0.25, 0.3) is 5.56 Å². The third kappa shape index (κ3) is 4.11. The van der Waals surface area contributed by atoms with E-state index in [0.717, 1.165) is 10.1 Å². The number of benzene rings is 1. The van der Waals surface area contributed by atoms with Crippen molar-refractivity contribution in [1.29, 1.82) is 0 Å². The highest BCUT2D eigenvalue weighted by atomic mass is 16.5. The number of methoxy groups -OCH3 is 3. The van der Waals surface area contributed by atoms with Crippen LogP contribution in [-0.2, 0) is 11.3 Å². The lowest BCUT2D eigenvalue weighted by Gasteiger charge is -2.14. The van der Waals surface area contributed by atoms with Crippen molar-refractivity contribution in [3.8, 4) is 17.4 Å². The average molecular weight is 404 g/mol. The standard InChI is InChI=1S/C19H24N4O6/c1-27-8-4-7-23-18(25)16(17(24)20-19(23)26)13-10-12(21-22-13)11-5-6-14(28-2)15(9-11)29-3/h5-6,9,12,21,25H,4,7-8,10H2,1-3H3,(H,20,24,26)/t12-/m1/s1. The van der Waals surface area contributed by atoms with Crippen LogP contribution in [0.5, 0.6) is 17.4 Å². The molecule has 0 spiro atoms. The van der Waals surface area contributed by atoms with Crippen LogP contribution in [0.4, 0.5) is 0 Å². The molecule has 3 N–H and O–H groups in total. The topological polar surface area (TPSA) is 127 Å². The molecule has 10 nitrogen and oxygen atoms in total. The Morgan fingerprint density at radius 3 is 2.66 bits per heavy atom. The van der Waals surface area contributed by atoms with Crippen molar-refractivity contribution in [3.63, 3.8) is 0 Å². The minimum atomic E-state index is -0.677. The predicted molar refractivity (Wildman–Crippen MR) is 106 cm³/mol. The Kier molecular flexibility index (Phi) is 6.23. The summed E-state index contributed by atoms with van der Waals surface area (Å²) in [5.41, 5.74) is 2.85. The number of H-pyrrole nitrogens is 1. The van der Waals surface area contributed by atoms with Crippen LogP contribution in [0.1, 0.15) is 30.0 Å². The number of nitrogens with zero attached hydrogens (tertiary/aromatic N) is 2. The van der Waals surface area contributed by atoms with Gasteiger partial charge in [-0.05, 0) is 24.1 Å². The van der Waals surface area contributed by atoms with Gasteiger partial charge in [0, 0.05) is 26.7 Å². The van der Waals surface area contributed by atoms with Crippen LogP contribution in [0.2, 0.25) is 0 Å². The summed E-state index contributed by atoms with van der Waals surface area (Å²) in [5.74, 6) is 0.781. The third-order valence-corrected chi connectivity index (χ3v) is 4.75. The first-order chi connectivity index (χ1) is 14.0. The molecule has 0 saturated heterocycles. The maximum absolute atomic E-state index is 12.4. The lowest BCUT2D eigenvalue weighted by molar-refractivity contribution is 0.188. The molecule has 2 heterocycles. The Hall–Kier alpha value is -3.27. The van der Waals surface area contributed by atoms with E-state index in [1.54, 1.807) is 27.4 Å². The summed E-state index contributed by atoms with van der Waals surface area (Å²) in [7, 11) is 4.66. The van der Waals surface area contributed by atoms with Crippen molar-refractivity contribution in [2.45, 2.75) is 25.4 Å². The van der Waals surface area contributed by atoms with E-state index in [0.29, 0.717) is 36.7 Å². The highest BCUT2D eigenvalue weighted by Gasteiger charge is 2.27. The molecule has 0 aliphatic carbocycles. The van der Waals surface area contributed by atoms with Crippen molar-refractivity contribution in [2.24, 2.45) is 5.10 Å². The fraction of sp³-hybridized carbons (Fsp3) is 0.421. The molecule has 1 aliphatic heterocycles. The second-order valence-electron chi connectivity index (χ2n) is 6.51. The van der Waals surface area contributed by atoms with Crippen LogP contribution >= 0.6 is 0 Å². The van der Waals surface area contributed by atoms with Gasteiger partial charge in [-0.3, -0.25) is 14.3 Å². The van der Waals surface area contributed by atoms with Gasteiger partial charge >= 0.3 is 5.69 Å². The number of aromatic nitrogens is 2. The third-order valence-electron chi connectivity index (χ3n) is 4.75. The molecule has 1 aliphatic rings. The molecule has 156 valence electrons. The summed E-state index contributed by atoms with van der Waals surface area (Å²) in [4.78, 5) is 26.7. The molecule has 0 saturated carbocycles. The van der Waals surface area contributed by atoms with E-state index in [1.165, 1.54) is 0 Å². The van der Waals surface area contributed by atoms with Gasteiger partial charge in [0.2, 0.25) is 5.88 Å². The second-order valence-corrected chi connectivity index (χ2v) is 6.51. The number of hydrazone groups is 1. The van der Waals surface area contributed by atoms with E-state index < -0.39 is 17.1 Å². The molecule has 1 atom stereocenters. The Bertz CT molecular complexity index is 1030. The molecule has 0 fully saturated rings. The molecule has 3 rings (SSSR count). The van der Waals surface area contributed by atoms with E-state index in [-0.39, 0.29) is 18.2 Å². The van der Waals surface area contributed by atoms with Gasteiger partial charge in [0.15, 0.2) is 11.5 Å². The first-order valence-corrected chi connectivity index (χ1v) is 9.09. The number of hydrogen-bond donors (Lipinski definition) is 3. The minimum absolute atomic E-state index is 0.0162. The molecule has 1 aromatic heterocycles. The van der Waals surface area contributed by atoms with E-state index in [9.17, 15) is 14.7 Å². The minimum Gasteiger partial charge on any atom is -0.494 e. The van der Waals surface area contributed by atoms with Crippen LogP contribution in [-0.4, -0.2) is 48.3 Å². The van der Waals surface area contributed by atoms with Crippen LogP contribution in [0, 0.1) is 0 Å². The van der Waals surface area contributed by atoms with Gasteiger partial charge < -0.3 is 24.7 Å². The van der Waals surface area contributed by atoms with E-state index in [1.807, 2.05) is 12.1 Å². The zero-order chi connectivity index (χ0) is 21.0. The quantitative estimate of drug-likeness (QED) is 0.554. The number of hydrogen-bond acceptors (Lipinski definition) is 8. The van der Waals surface area contributed by atoms with Crippen LogP contribution < -0.4 is 26.1 Å². The summed E-state index contributed by atoms with van der Waals surface area (Å²) in [6.07, 6.45) is 0.858. The van der Waals surface area contributed by atoms with Crippen LogP contribution in [0.15, 0.2) is 32.9 Å². The zero-order valence-electron chi connectivity index (χ0n) is 16.5. The molecular weight excluding hydrogens is 380 g/mol. The maximum Gasteiger partial charge on any atom is 0.331 e. The predicted octanol–water partition coefficient (Wildman–Crippen LogP) is 0.735. The fourth-order valence-electron chi connectivity index (χ4n) is 3.25. The molecule has 1 aromatic carbocycles. The maximum atomic E-state index is 12.4. The number of nitrogens with one attached hydrogen (secondary N) is 2. The lowest BCUT2D eigenvalue weighted by atomic mass is 9.99. The Morgan fingerprint density at radius 1 is 1.21 bits per heavy atom. The highest BCUT2D eigenvalue weighted by Crippen LogP contribution is 2.33. The van der Waals surface area contributed by atoms with E-state index in [2.05, 4.69) is 15.5 Å². The smallest absolute Gasteiger partial charge is 0.331 e. The summed E-state index contributed by atoms with van der Waals surface area (Å²) >= 11 is 0. The van der Waals surface area contributed by atoms with Crippen molar-refractivity contribution >= 4 is 5.71 Å². The Labute approximate surface area is 166 Å². The molecular formula is C19H24N4O6. The normalized spacial score (nSPS) is 15.7. The van der Waals surface area contributed by atoms with E-state index in [4.69, 9.17) is 14.2 Å². The number of rotatable bonds is 8. The molecule has 0 radical (unpaired) electrons. The molecule has 0 amide bonds. The molecule has 10 heteroatoms. The van der Waals surface area contributed by atoms with Crippen LogP contribution in [0.3, 0.4) is 0 Å². The lowest BCUT2D eigenvalue weighted by Crippen LogP contribution is -2.34. The average Bonchev–Trinajstić information content (AvgIpc) is 3.19. The van der Waals surface area contributed by atoms with E-state index >= 15 is 0 Å². The van der Waals surface area contributed by atoms with Crippen molar-refractivity contribution in [3.05, 3.63) is 50.2 Å². The molecule has 0 bridgehead atoms. The molecule has 0 unspecified atom stereocenters. The largest absolute Gasteiger partial charge is 0.494 e. The Morgan fingerprint density at radius 2 is 1.97 bits per heavy atom. The summed E-state index contributed by atoms with van der Waals surface area (Å²) in [5, 5.41) is 14.8. The highest BCUT2D eigenvalue weighted by molar-refractivity contribution is 6.03. The zero-order valence-corrected chi connectivity index (χ0v) is 16.5. The molecule has 29 heavy (non-hydrogen) atoms. The van der Waals surface area contributed by atoms with Gasteiger partial charge in [-0.1, -0.05) is 6.07 Å². The number of aromatic hydroxyl groups is 1. The summed E-state index contributed by atoms with van der Waals surface area (Å²) < 4.78 is 16.7.